The minimum absolute atomic E-state index is 0.0299. The van der Waals surface area contributed by atoms with Crippen LogP contribution in [0.1, 0.15) is 31.7 Å². The third kappa shape index (κ3) is 2.41. The van der Waals surface area contributed by atoms with E-state index in [-0.39, 0.29) is 12.0 Å². The number of aromatic nitrogens is 1. The Bertz CT molecular complexity index is 356. The van der Waals surface area contributed by atoms with Crippen LogP contribution < -0.4 is 5.32 Å². The average Bonchev–Trinajstić information content (AvgIpc) is 2.91. The Morgan fingerprint density at radius 3 is 3.06 bits per heavy atom. The highest BCUT2D eigenvalue weighted by molar-refractivity contribution is 7.09. The van der Waals surface area contributed by atoms with Gasteiger partial charge < -0.3 is 10.1 Å². The molecule has 1 aliphatic rings. The van der Waals surface area contributed by atoms with Gasteiger partial charge in [-0.05, 0) is 26.7 Å². The summed E-state index contributed by atoms with van der Waals surface area (Å²) in [7, 11) is 0. The molecule has 1 N–H and O–H groups in total. The van der Waals surface area contributed by atoms with Crippen LogP contribution in [-0.4, -0.2) is 23.6 Å². The fourth-order valence-electron chi connectivity index (χ4n) is 1.76. The molecule has 16 heavy (non-hydrogen) atoms. The van der Waals surface area contributed by atoms with Crippen molar-refractivity contribution in [3.8, 4) is 0 Å². The molecule has 1 unspecified atom stereocenters. The van der Waals surface area contributed by atoms with Crippen molar-refractivity contribution in [2.45, 2.75) is 38.3 Å². The molecule has 1 aromatic heterocycles. The van der Waals surface area contributed by atoms with Gasteiger partial charge in [0.1, 0.15) is 11.1 Å². The minimum atomic E-state index is -0.419. The molecule has 1 saturated heterocycles. The van der Waals surface area contributed by atoms with E-state index in [1.165, 1.54) is 0 Å². The highest BCUT2D eigenvalue weighted by atomic mass is 32.1. The number of ether oxygens (including phenoxy) is 1. The molecule has 0 spiro atoms. The fraction of sp³-hybridized carbons (Fsp3) is 0.636. The highest BCUT2D eigenvalue weighted by Gasteiger charge is 2.31. The Morgan fingerprint density at radius 1 is 1.69 bits per heavy atom. The highest BCUT2D eigenvalue weighted by Crippen LogP contribution is 2.23. The summed E-state index contributed by atoms with van der Waals surface area (Å²) < 4.78 is 5.35. The first-order chi connectivity index (χ1) is 7.59. The Morgan fingerprint density at radius 2 is 2.50 bits per heavy atom. The molecule has 0 aromatic carbocycles. The van der Waals surface area contributed by atoms with Crippen LogP contribution in [0.5, 0.6) is 0 Å². The molecule has 2 rings (SSSR count). The average molecular weight is 240 g/mol. The van der Waals surface area contributed by atoms with Crippen molar-refractivity contribution in [1.29, 1.82) is 0 Å². The van der Waals surface area contributed by atoms with Crippen LogP contribution in [0.25, 0.3) is 0 Å². The number of nitrogens with zero attached hydrogens (tertiary/aromatic N) is 1. The number of carbonyl (C=O) groups excluding carboxylic acids is 1. The maximum absolute atomic E-state index is 11.9. The van der Waals surface area contributed by atoms with Crippen molar-refractivity contribution in [2.75, 3.05) is 6.61 Å². The Hall–Kier alpha value is -0.940. The molecule has 0 aliphatic carbocycles. The second-order valence-electron chi connectivity index (χ2n) is 4.45. The third-order valence-corrected chi connectivity index (χ3v) is 3.72. The number of hydrogen-bond donors (Lipinski definition) is 1. The van der Waals surface area contributed by atoms with E-state index in [0.29, 0.717) is 6.61 Å². The van der Waals surface area contributed by atoms with Crippen LogP contribution in [0, 0.1) is 0 Å². The van der Waals surface area contributed by atoms with Gasteiger partial charge in [-0.3, -0.25) is 4.79 Å². The van der Waals surface area contributed by atoms with E-state index in [2.05, 4.69) is 10.3 Å². The maximum atomic E-state index is 11.9. The van der Waals surface area contributed by atoms with E-state index in [1.54, 1.807) is 17.5 Å². The zero-order chi connectivity index (χ0) is 11.6. The molecule has 88 valence electrons. The van der Waals surface area contributed by atoms with E-state index >= 15 is 0 Å². The van der Waals surface area contributed by atoms with Crippen LogP contribution in [0.15, 0.2) is 11.6 Å². The summed E-state index contributed by atoms with van der Waals surface area (Å²) in [6, 6.07) is 0. The normalized spacial score (nSPS) is 21.0. The molecule has 0 radical (unpaired) electrons. The van der Waals surface area contributed by atoms with E-state index < -0.39 is 5.54 Å². The quantitative estimate of drug-likeness (QED) is 0.874. The number of amides is 1. The minimum Gasteiger partial charge on any atom is -0.368 e. The fourth-order valence-corrected chi connectivity index (χ4v) is 2.48. The Labute approximate surface area is 99.0 Å². The zero-order valence-corrected chi connectivity index (χ0v) is 10.3. The monoisotopic (exact) mass is 240 g/mol. The number of hydrogen-bond acceptors (Lipinski definition) is 4. The summed E-state index contributed by atoms with van der Waals surface area (Å²) in [4.78, 5) is 16.1. The van der Waals surface area contributed by atoms with Gasteiger partial charge in [-0.15, -0.1) is 11.3 Å². The molecule has 1 aromatic rings. The van der Waals surface area contributed by atoms with Crippen molar-refractivity contribution < 1.29 is 9.53 Å². The molecule has 1 fully saturated rings. The van der Waals surface area contributed by atoms with E-state index in [0.717, 1.165) is 17.8 Å². The van der Waals surface area contributed by atoms with Gasteiger partial charge in [0.25, 0.3) is 0 Å². The Balaban J connectivity index is 2.00. The first kappa shape index (κ1) is 11.5. The first-order valence-electron chi connectivity index (χ1n) is 5.43. The summed E-state index contributed by atoms with van der Waals surface area (Å²) in [5, 5.41) is 5.81. The number of carbonyl (C=O) groups is 1. The smallest absolute Gasteiger partial charge is 0.249 e. The van der Waals surface area contributed by atoms with Gasteiger partial charge in [-0.1, -0.05) is 0 Å². The second-order valence-corrected chi connectivity index (χ2v) is 5.35. The summed E-state index contributed by atoms with van der Waals surface area (Å²) >= 11 is 1.55. The van der Waals surface area contributed by atoms with Crippen molar-refractivity contribution in [3.63, 3.8) is 0 Å². The molecule has 2 heterocycles. The molecule has 4 nitrogen and oxygen atoms in total. The predicted molar refractivity (Wildman–Crippen MR) is 62.3 cm³/mol. The SMILES string of the molecule is CC(C)(NC(=O)C1CCCO1)c1nccs1. The van der Waals surface area contributed by atoms with Gasteiger partial charge in [0.05, 0.1) is 5.54 Å². The van der Waals surface area contributed by atoms with Crippen molar-refractivity contribution in [1.82, 2.24) is 10.3 Å². The van der Waals surface area contributed by atoms with Gasteiger partial charge in [0, 0.05) is 18.2 Å². The summed E-state index contributed by atoms with van der Waals surface area (Å²) in [5.41, 5.74) is -0.419. The van der Waals surface area contributed by atoms with Crippen LogP contribution in [0.3, 0.4) is 0 Å². The van der Waals surface area contributed by atoms with Crippen molar-refractivity contribution >= 4 is 17.2 Å². The maximum Gasteiger partial charge on any atom is 0.249 e. The summed E-state index contributed by atoms with van der Waals surface area (Å²) in [5.74, 6) is -0.0299. The molecule has 1 aliphatic heterocycles. The van der Waals surface area contributed by atoms with Gasteiger partial charge >= 0.3 is 0 Å². The molecule has 5 heteroatoms. The number of nitrogens with one attached hydrogen (secondary N) is 1. The molecule has 0 bridgehead atoms. The van der Waals surface area contributed by atoms with Gasteiger partial charge in [-0.25, -0.2) is 4.98 Å². The van der Waals surface area contributed by atoms with Crippen LogP contribution in [0.2, 0.25) is 0 Å². The molecule has 1 atom stereocenters. The van der Waals surface area contributed by atoms with Gasteiger partial charge in [0.15, 0.2) is 0 Å². The largest absolute Gasteiger partial charge is 0.368 e. The standard InChI is InChI=1S/C11H16N2O2S/c1-11(2,10-12-5-7-16-10)13-9(14)8-4-3-6-15-8/h5,7-8H,3-4,6H2,1-2H3,(H,13,14). The number of thiazole rings is 1. The van der Waals surface area contributed by atoms with Crippen molar-refractivity contribution in [2.24, 2.45) is 0 Å². The van der Waals surface area contributed by atoms with Crippen LogP contribution >= 0.6 is 11.3 Å². The number of rotatable bonds is 3. The van der Waals surface area contributed by atoms with Crippen LogP contribution in [0.4, 0.5) is 0 Å². The van der Waals surface area contributed by atoms with Gasteiger partial charge in [-0.2, -0.15) is 0 Å². The van der Waals surface area contributed by atoms with E-state index in [9.17, 15) is 4.79 Å². The van der Waals surface area contributed by atoms with Gasteiger partial charge in [0.2, 0.25) is 5.91 Å². The first-order valence-corrected chi connectivity index (χ1v) is 6.31. The summed E-state index contributed by atoms with van der Waals surface area (Å²) in [6.07, 6.45) is 3.26. The van der Waals surface area contributed by atoms with E-state index in [4.69, 9.17) is 4.74 Å². The lowest BCUT2D eigenvalue weighted by Gasteiger charge is -2.25. The molecular formula is C11H16N2O2S. The lowest BCUT2D eigenvalue weighted by Crippen LogP contribution is -2.45. The summed E-state index contributed by atoms with van der Waals surface area (Å²) in [6.45, 7) is 4.60. The lowest BCUT2D eigenvalue weighted by molar-refractivity contribution is -0.131. The Kier molecular flexibility index (Phi) is 3.25. The topological polar surface area (TPSA) is 51.2 Å². The third-order valence-electron chi connectivity index (χ3n) is 2.62. The second kappa shape index (κ2) is 4.51. The predicted octanol–water partition coefficient (Wildman–Crippen LogP) is 1.67. The zero-order valence-electron chi connectivity index (χ0n) is 9.53. The van der Waals surface area contributed by atoms with Crippen LogP contribution in [-0.2, 0) is 15.1 Å². The lowest BCUT2D eigenvalue weighted by atomic mass is 10.1. The van der Waals surface area contributed by atoms with Crippen molar-refractivity contribution in [3.05, 3.63) is 16.6 Å². The molecule has 1 amide bonds. The molecular weight excluding hydrogens is 224 g/mol. The van der Waals surface area contributed by atoms with E-state index in [1.807, 2.05) is 19.2 Å². The molecule has 0 saturated carbocycles.